The quantitative estimate of drug-likeness (QED) is 0.451. The molecule has 1 amide bonds. The second-order valence-corrected chi connectivity index (χ2v) is 7.08. The fourth-order valence-corrected chi connectivity index (χ4v) is 3.37. The number of amides is 1. The fourth-order valence-electron chi connectivity index (χ4n) is 2.34. The predicted octanol–water partition coefficient (Wildman–Crippen LogP) is 5.46. The summed E-state index contributed by atoms with van der Waals surface area (Å²) in [7, 11) is 0. The SMILES string of the molecule is O=C(Nc1ccc(Cl)nc1)c1ccc(SCCc2ccccc2)c(F)c1. The van der Waals surface area contributed by atoms with Gasteiger partial charge in [0.1, 0.15) is 11.0 Å². The first kappa shape index (κ1) is 18.4. The summed E-state index contributed by atoms with van der Waals surface area (Å²) in [4.78, 5) is 16.6. The van der Waals surface area contributed by atoms with Crippen molar-refractivity contribution in [3.8, 4) is 0 Å². The fraction of sp³-hybridized carbons (Fsp3) is 0.100. The molecule has 0 aliphatic heterocycles. The molecule has 3 nitrogen and oxygen atoms in total. The Balaban J connectivity index is 1.59. The summed E-state index contributed by atoms with van der Waals surface area (Å²) in [6.07, 6.45) is 2.31. The van der Waals surface area contributed by atoms with Crippen molar-refractivity contribution in [2.45, 2.75) is 11.3 Å². The number of carbonyl (C=O) groups is 1. The Morgan fingerprint density at radius 1 is 1.12 bits per heavy atom. The van der Waals surface area contributed by atoms with E-state index >= 15 is 0 Å². The second kappa shape index (κ2) is 8.83. The van der Waals surface area contributed by atoms with E-state index < -0.39 is 11.7 Å². The Labute approximate surface area is 160 Å². The first-order chi connectivity index (χ1) is 12.6. The lowest BCUT2D eigenvalue weighted by Gasteiger charge is -2.08. The van der Waals surface area contributed by atoms with E-state index in [-0.39, 0.29) is 5.56 Å². The number of pyridine rings is 1. The van der Waals surface area contributed by atoms with Crippen LogP contribution >= 0.6 is 23.4 Å². The lowest BCUT2D eigenvalue weighted by Crippen LogP contribution is -2.12. The van der Waals surface area contributed by atoms with Crippen molar-refractivity contribution in [1.82, 2.24) is 4.98 Å². The Hall–Kier alpha value is -2.37. The molecular weight excluding hydrogens is 371 g/mol. The third-order valence-corrected chi connectivity index (χ3v) is 4.94. The molecule has 0 aliphatic rings. The first-order valence-corrected chi connectivity index (χ1v) is 9.37. The van der Waals surface area contributed by atoms with Gasteiger partial charge >= 0.3 is 0 Å². The molecule has 0 fully saturated rings. The maximum absolute atomic E-state index is 14.3. The van der Waals surface area contributed by atoms with E-state index in [2.05, 4.69) is 22.4 Å². The zero-order valence-corrected chi connectivity index (χ0v) is 15.4. The molecular formula is C20H16ClFN2OS. The van der Waals surface area contributed by atoms with Gasteiger partial charge in [-0.05, 0) is 42.3 Å². The molecule has 0 saturated carbocycles. The van der Waals surface area contributed by atoms with E-state index in [0.29, 0.717) is 15.7 Å². The van der Waals surface area contributed by atoms with E-state index in [4.69, 9.17) is 11.6 Å². The standard InChI is InChI=1S/C20H16ClFN2OS/c21-19-9-7-16(13-23-19)24-20(25)15-6-8-18(17(22)12-15)26-11-10-14-4-2-1-3-5-14/h1-9,12-13H,10-11H2,(H,24,25). The molecule has 0 aliphatic carbocycles. The van der Waals surface area contributed by atoms with Gasteiger partial charge in [0.2, 0.25) is 0 Å². The predicted molar refractivity (Wildman–Crippen MR) is 104 cm³/mol. The molecule has 0 atom stereocenters. The Morgan fingerprint density at radius 2 is 1.92 bits per heavy atom. The molecule has 2 aromatic carbocycles. The maximum atomic E-state index is 14.3. The number of hydrogen-bond acceptors (Lipinski definition) is 3. The average Bonchev–Trinajstić information content (AvgIpc) is 2.65. The van der Waals surface area contributed by atoms with E-state index in [1.165, 1.54) is 29.6 Å². The van der Waals surface area contributed by atoms with E-state index in [0.717, 1.165) is 12.2 Å². The summed E-state index contributed by atoms with van der Waals surface area (Å²) in [5, 5.41) is 3.00. The van der Waals surface area contributed by atoms with Crippen LogP contribution in [0.2, 0.25) is 5.15 Å². The van der Waals surface area contributed by atoms with Crippen LogP contribution in [-0.4, -0.2) is 16.6 Å². The highest BCUT2D eigenvalue weighted by molar-refractivity contribution is 7.99. The second-order valence-electron chi connectivity index (χ2n) is 5.55. The number of aromatic nitrogens is 1. The summed E-state index contributed by atoms with van der Waals surface area (Å²) in [6, 6.07) is 17.8. The molecule has 0 unspecified atom stereocenters. The van der Waals surface area contributed by atoms with Crippen LogP contribution in [0.1, 0.15) is 15.9 Å². The molecule has 3 rings (SSSR count). The van der Waals surface area contributed by atoms with Crippen molar-refractivity contribution < 1.29 is 9.18 Å². The van der Waals surface area contributed by atoms with Crippen molar-refractivity contribution in [2.24, 2.45) is 0 Å². The van der Waals surface area contributed by atoms with E-state index in [9.17, 15) is 9.18 Å². The third kappa shape index (κ3) is 5.07. The number of benzene rings is 2. The lowest BCUT2D eigenvalue weighted by molar-refractivity contribution is 0.102. The minimum atomic E-state index is -0.398. The highest BCUT2D eigenvalue weighted by atomic mass is 35.5. The number of nitrogens with one attached hydrogen (secondary N) is 1. The number of anilines is 1. The smallest absolute Gasteiger partial charge is 0.255 e. The minimum Gasteiger partial charge on any atom is -0.321 e. The number of hydrogen-bond donors (Lipinski definition) is 1. The van der Waals surface area contributed by atoms with Crippen LogP contribution < -0.4 is 5.32 Å². The van der Waals surface area contributed by atoms with Gasteiger partial charge in [-0.15, -0.1) is 11.8 Å². The molecule has 0 spiro atoms. The molecule has 1 N–H and O–H groups in total. The molecule has 6 heteroatoms. The number of halogens is 2. The summed E-state index contributed by atoms with van der Waals surface area (Å²) in [6.45, 7) is 0. The van der Waals surface area contributed by atoms with Crippen molar-refractivity contribution in [3.63, 3.8) is 0 Å². The van der Waals surface area contributed by atoms with Gasteiger partial charge in [0.25, 0.3) is 5.91 Å². The van der Waals surface area contributed by atoms with Crippen LogP contribution in [0.25, 0.3) is 0 Å². The zero-order valence-electron chi connectivity index (χ0n) is 13.8. The molecule has 0 radical (unpaired) electrons. The molecule has 0 bridgehead atoms. The molecule has 1 heterocycles. The Morgan fingerprint density at radius 3 is 2.62 bits per heavy atom. The maximum Gasteiger partial charge on any atom is 0.255 e. The van der Waals surface area contributed by atoms with Crippen molar-refractivity contribution in [3.05, 3.63) is 89.0 Å². The number of aryl methyl sites for hydroxylation is 1. The highest BCUT2D eigenvalue weighted by Crippen LogP contribution is 2.24. The molecule has 132 valence electrons. The normalized spacial score (nSPS) is 10.5. The van der Waals surface area contributed by atoms with Crippen LogP contribution in [0.5, 0.6) is 0 Å². The minimum absolute atomic E-state index is 0.254. The topological polar surface area (TPSA) is 42.0 Å². The largest absolute Gasteiger partial charge is 0.321 e. The van der Waals surface area contributed by atoms with E-state index in [1.807, 2.05) is 18.2 Å². The molecule has 3 aromatic rings. The van der Waals surface area contributed by atoms with Crippen LogP contribution in [0.3, 0.4) is 0 Å². The zero-order chi connectivity index (χ0) is 18.4. The van der Waals surface area contributed by atoms with Crippen LogP contribution in [0, 0.1) is 5.82 Å². The Bertz CT molecular complexity index is 888. The number of carbonyl (C=O) groups excluding carboxylic acids is 1. The van der Waals surface area contributed by atoms with Gasteiger partial charge in [0.15, 0.2) is 0 Å². The third-order valence-electron chi connectivity index (χ3n) is 3.67. The highest BCUT2D eigenvalue weighted by Gasteiger charge is 2.11. The summed E-state index contributed by atoms with van der Waals surface area (Å²) in [5.74, 6) is -0.0260. The average molecular weight is 387 g/mol. The number of rotatable bonds is 6. The lowest BCUT2D eigenvalue weighted by atomic mass is 10.2. The summed E-state index contributed by atoms with van der Waals surface area (Å²) >= 11 is 7.14. The van der Waals surface area contributed by atoms with Gasteiger partial charge in [-0.2, -0.15) is 0 Å². The number of nitrogens with zero attached hydrogens (tertiary/aromatic N) is 1. The monoisotopic (exact) mass is 386 g/mol. The van der Waals surface area contributed by atoms with Crippen molar-refractivity contribution in [2.75, 3.05) is 11.1 Å². The number of thioether (sulfide) groups is 1. The van der Waals surface area contributed by atoms with Crippen LogP contribution in [0.15, 0.2) is 71.8 Å². The molecule has 1 aromatic heterocycles. The van der Waals surface area contributed by atoms with Gasteiger partial charge in [0, 0.05) is 16.2 Å². The first-order valence-electron chi connectivity index (χ1n) is 8.01. The summed E-state index contributed by atoms with van der Waals surface area (Å²) < 4.78 is 14.3. The Kier molecular flexibility index (Phi) is 6.26. The van der Waals surface area contributed by atoms with Gasteiger partial charge in [-0.3, -0.25) is 4.79 Å². The van der Waals surface area contributed by atoms with Crippen LogP contribution in [0.4, 0.5) is 10.1 Å². The van der Waals surface area contributed by atoms with Crippen LogP contribution in [-0.2, 0) is 6.42 Å². The van der Waals surface area contributed by atoms with Gasteiger partial charge in [-0.1, -0.05) is 41.9 Å². The van der Waals surface area contributed by atoms with Gasteiger partial charge < -0.3 is 5.32 Å². The molecule has 0 saturated heterocycles. The van der Waals surface area contributed by atoms with Gasteiger partial charge in [0.05, 0.1) is 11.9 Å². The van der Waals surface area contributed by atoms with Gasteiger partial charge in [-0.25, -0.2) is 9.37 Å². The molecule has 26 heavy (non-hydrogen) atoms. The van der Waals surface area contributed by atoms with E-state index in [1.54, 1.807) is 24.3 Å². The van der Waals surface area contributed by atoms with Crippen molar-refractivity contribution in [1.29, 1.82) is 0 Å². The summed E-state index contributed by atoms with van der Waals surface area (Å²) in [5.41, 5.74) is 1.97. The van der Waals surface area contributed by atoms with Crippen molar-refractivity contribution >= 4 is 35.0 Å².